The summed E-state index contributed by atoms with van der Waals surface area (Å²) in [6.07, 6.45) is 0. The van der Waals surface area contributed by atoms with Crippen LogP contribution in [0.15, 0.2) is 103 Å². The Labute approximate surface area is 236 Å². The summed E-state index contributed by atoms with van der Waals surface area (Å²) < 4.78 is 4.41. The number of hydrogen-bond donors (Lipinski definition) is 0. The van der Waals surface area contributed by atoms with Gasteiger partial charge in [0.1, 0.15) is 11.6 Å². The van der Waals surface area contributed by atoms with E-state index in [9.17, 15) is 0 Å². The van der Waals surface area contributed by atoms with Crippen LogP contribution in [0.4, 0.5) is 0 Å². The standard InChI is InChI=1S/C35H26N6/c1-21-22(2)36-23(3)37-34(21)28-20-33(40-29-16-8-4-12-24(29)25-13-5-9-17-30(25)40)39-35(38-28)41-31-18-10-6-14-26(31)27-15-7-11-19-32(27)41/h4-20H,1-3H3. The molecule has 6 heteroatoms. The highest BCUT2D eigenvalue weighted by molar-refractivity contribution is 6.10. The molecular weight excluding hydrogens is 504 g/mol. The van der Waals surface area contributed by atoms with E-state index in [1.54, 1.807) is 0 Å². The minimum Gasteiger partial charge on any atom is -0.294 e. The van der Waals surface area contributed by atoms with E-state index in [4.69, 9.17) is 15.0 Å². The van der Waals surface area contributed by atoms with Crippen LogP contribution in [0.25, 0.3) is 66.8 Å². The number of aryl methyl sites for hydroxylation is 2. The lowest BCUT2D eigenvalue weighted by molar-refractivity contribution is 0.937. The highest BCUT2D eigenvalue weighted by Crippen LogP contribution is 2.35. The highest BCUT2D eigenvalue weighted by atomic mass is 15.2. The van der Waals surface area contributed by atoms with Crippen molar-refractivity contribution in [2.24, 2.45) is 0 Å². The summed E-state index contributed by atoms with van der Waals surface area (Å²) in [4.78, 5) is 20.0. The second-order valence-corrected chi connectivity index (χ2v) is 10.5. The molecule has 4 aromatic heterocycles. The van der Waals surface area contributed by atoms with Gasteiger partial charge >= 0.3 is 0 Å². The van der Waals surface area contributed by atoms with Crippen molar-refractivity contribution in [2.45, 2.75) is 20.8 Å². The van der Waals surface area contributed by atoms with E-state index in [1.807, 2.05) is 13.8 Å². The third kappa shape index (κ3) is 3.50. The van der Waals surface area contributed by atoms with Gasteiger partial charge in [-0.1, -0.05) is 72.8 Å². The quantitative estimate of drug-likeness (QED) is 0.232. The first kappa shape index (κ1) is 23.5. The normalized spacial score (nSPS) is 11.8. The second-order valence-electron chi connectivity index (χ2n) is 10.5. The SMILES string of the molecule is Cc1nc(C)c(C)c(-c2cc(-n3c4ccccc4c4ccccc43)nc(-n3c4ccccc4c4ccccc43)n2)n1. The summed E-state index contributed by atoms with van der Waals surface area (Å²) in [5, 5.41) is 4.71. The van der Waals surface area contributed by atoms with Crippen LogP contribution in [0.5, 0.6) is 0 Å². The fourth-order valence-electron chi connectivity index (χ4n) is 6.08. The molecule has 0 aliphatic carbocycles. The van der Waals surface area contributed by atoms with Crippen molar-refractivity contribution in [1.82, 2.24) is 29.1 Å². The van der Waals surface area contributed by atoms with E-state index < -0.39 is 0 Å². The minimum atomic E-state index is 0.602. The van der Waals surface area contributed by atoms with E-state index in [-0.39, 0.29) is 0 Å². The first-order valence-electron chi connectivity index (χ1n) is 13.8. The molecule has 0 spiro atoms. The molecule has 0 aliphatic rings. The van der Waals surface area contributed by atoms with Gasteiger partial charge < -0.3 is 0 Å². The zero-order valence-electron chi connectivity index (χ0n) is 23.0. The Balaban J connectivity index is 1.53. The zero-order valence-corrected chi connectivity index (χ0v) is 23.0. The van der Waals surface area contributed by atoms with Crippen LogP contribution >= 0.6 is 0 Å². The first-order chi connectivity index (χ1) is 20.1. The molecule has 0 fully saturated rings. The van der Waals surface area contributed by atoms with E-state index in [2.05, 4.69) is 124 Å². The van der Waals surface area contributed by atoms with Crippen molar-refractivity contribution in [3.63, 3.8) is 0 Å². The lowest BCUT2D eigenvalue weighted by Crippen LogP contribution is -2.09. The van der Waals surface area contributed by atoms with Gasteiger partial charge in [-0.2, -0.15) is 4.98 Å². The maximum atomic E-state index is 5.29. The number of aromatic nitrogens is 6. The predicted molar refractivity (Wildman–Crippen MR) is 166 cm³/mol. The summed E-state index contributed by atoms with van der Waals surface area (Å²) in [6.45, 7) is 6.02. The Kier molecular flexibility index (Phi) is 5.06. The van der Waals surface area contributed by atoms with Crippen LogP contribution in [0.1, 0.15) is 17.1 Å². The molecular formula is C35H26N6. The summed E-state index contributed by atoms with van der Waals surface area (Å²) in [5.41, 5.74) is 7.85. The maximum absolute atomic E-state index is 5.29. The zero-order chi connectivity index (χ0) is 27.7. The smallest absolute Gasteiger partial charge is 0.237 e. The molecule has 0 saturated heterocycles. The third-order valence-electron chi connectivity index (χ3n) is 8.03. The van der Waals surface area contributed by atoms with E-state index in [0.717, 1.165) is 56.4 Å². The van der Waals surface area contributed by atoms with Gasteiger partial charge in [0.15, 0.2) is 0 Å². The van der Waals surface area contributed by atoms with Gasteiger partial charge in [-0.15, -0.1) is 0 Å². The van der Waals surface area contributed by atoms with E-state index in [1.165, 1.54) is 21.5 Å². The molecule has 0 atom stereocenters. The van der Waals surface area contributed by atoms with Gasteiger partial charge in [-0.05, 0) is 50.6 Å². The Morgan fingerprint density at radius 3 is 1.46 bits per heavy atom. The van der Waals surface area contributed by atoms with Crippen LogP contribution in [-0.2, 0) is 0 Å². The van der Waals surface area contributed by atoms with Gasteiger partial charge in [0, 0.05) is 33.3 Å². The van der Waals surface area contributed by atoms with Crippen LogP contribution in [0.3, 0.4) is 0 Å². The summed E-state index contributed by atoms with van der Waals surface area (Å²) in [6, 6.07) is 35.9. The fourth-order valence-corrected chi connectivity index (χ4v) is 6.08. The minimum absolute atomic E-state index is 0.602. The van der Waals surface area contributed by atoms with Gasteiger partial charge in [-0.3, -0.25) is 9.13 Å². The topological polar surface area (TPSA) is 61.4 Å². The van der Waals surface area contributed by atoms with Crippen LogP contribution < -0.4 is 0 Å². The van der Waals surface area contributed by atoms with Gasteiger partial charge in [0.25, 0.3) is 0 Å². The molecule has 4 aromatic carbocycles. The largest absolute Gasteiger partial charge is 0.294 e. The third-order valence-corrected chi connectivity index (χ3v) is 8.03. The molecule has 0 bridgehead atoms. The molecule has 0 aliphatic heterocycles. The molecule has 8 aromatic rings. The molecule has 6 nitrogen and oxygen atoms in total. The number of para-hydroxylation sites is 4. The Hall–Kier alpha value is -5.36. The summed E-state index contributed by atoms with van der Waals surface area (Å²) in [5.74, 6) is 2.11. The van der Waals surface area contributed by atoms with Crippen molar-refractivity contribution in [1.29, 1.82) is 0 Å². The highest BCUT2D eigenvalue weighted by Gasteiger charge is 2.20. The molecule has 8 rings (SSSR count). The molecule has 0 radical (unpaired) electrons. The van der Waals surface area contributed by atoms with E-state index in [0.29, 0.717) is 5.95 Å². The van der Waals surface area contributed by atoms with Crippen LogP contribution in [-0.4, -0.2) is 29.1 Å². The molecule has 0 saturated carbocycles. The first-order valence-corrected chi connectivity index (χ1v) is 13.8. The van der Waals surface area contributed by atoms with Crippen molar-refractivity contribution in [3.8, 4) is 23.2 Å². The number of rotatable bonds is 3. The maximum Gasteiger partial charge on any atom is 0.237 e. The fraction of sp³-hybridized carbons (Fsp3) is 0.0857. The van der Waals surface area contributed by atoms with Crippen LogP contribution in [0.2, 0.25) is 0 Å². The Bertz CT molecular complexity index is 2070. The lowest BCUT2D eigenvalue weighted by Gasteiger charge is -2.15. The number of hydrogen-bond acceptors (Lipinski definition) is 4. The molecule has 0 amide bonds. The van der Waals surface area contributed by atoms with Crippen molar-refractivity contribution < 1.29 is 0 Å². The summed E-state index contributed by atoms with van der Waals surface area (Å²) in [7, 11) is 0. The Morgan fingerprint density at radius 1 is 0.488 bits per heavy atom. The molecule has 196 valence electrons. The number of fused-ring (bicyclic) bond motifs is 6. The van der Waals surface area contributed by atoms with Gasteiger partial charge in [-0.25, -0.2) is 15.0 Å². The second kappa shape index (κ2) is 8.83. The number of nitrogens with zero attached hydrogens (tertiary/aromatic N) is 6. The van der Waals surface area contributed by atoms with Crippen molar-refractivity contribution >= 4 is 43.6 Å². The molecule has 0 N–H and O–H groups in total. The summed E-state index contributed by atoms with van der Waals surface area (Å²) >= 11 is 0. The molecule has 4 heterocycles. The Morgan fingerprint density at radius 2 is 0.951 bits per heavy atom. The molecule has 41 heavy (non-hydrogen) atoms. The van der Waals surface area contributed by atoms with Gasteiger partial charge in [0.05, 0.1) is 33.5 Å². The van der Waals surface area contributed by atoms with Crippen molar-refractivity contribution in [2.75, 3.05) is 0 Å². The van der Waals surface area contributed by atoms with Crippen molar-refractivity contribution in [3.05, 3.63) is 120 Å². The molecule has 0 unspecified atom stereocenters. The number of benzene rings is 4. The average molecular weight is 531 g/mol. The monoisotopic (exact) mass is 530 g/mol. The average Bonchev–Trinajstić information content (AvgIpc) is 3.52. The lowest BCUT2D eigenvalue weighted by atomic mass is 10.1. The van der Waals surface area contributed by atoms with Crippen LogP contribution in [0, 0.1) is 20.8 Å². The van der Waals surface area contributed by atoms with E-state index >= 15 is 0 Å². The predicted octanol–water partition coefficient (Wildman–Crippen LogP) is 8.05. The van der Waals surface area contributed by atoms with Gasteiger partial charge in [0.2, 0.25) is 5.95 Å².